The first-order valence-corrected chi connectivity index (χ1v) is 43.9. The third-order valence-electron chi connectivity index (χ3n) is 22.8. The van der Waals surface area contributed by atoms with Crippen molar-refractivity contribution in [2.75, 3.05) is 145 Å². The van der Waals surface area contributed by atoms with E-state index in [-0.39, 0.29) is 0 Å². The van der Waals surface area contributed by atoms with Crippen molar-refractivity contribution in [3.63, 3.8) is 0 Å². The summed E-state index contributed by atoms with van der Waals surface area (Å²) in [6.07, 6.45) is 1.55. The molecule has 10 aromatic carbocycles. The molecule has 0 atom stereocenters. The minimum atomic E-state index is 0.400. The standard InChI is InChI=1S/C108H96N8O12/c1-3-87-71-88(4-1)98-44-32-84-20-16-80-28-40-94(110-102(80)106(84)114-98)76-13-9-74(10-14-76)48-50-118-52-54-120-56-58-122-60-62-124-64-66-126-68-70-128-92-37-25-78(26-38-92)96-42-30-82-18-22-86-34-46-100(116-108(86)104(82)112-96)90-6-2-5-89(72-90)99-45-33-85-21-17-81-29-41-95(111-103(81)107(85)115-99)77-23-35-91(36-24-77)127-69-67-125-65-63-123-61-59-121-57-55-119-53-51-117-49-47-73-7-11-75(12-8-73)93-39-27-79-15-19-83-31-43-97(87)113-105(83)101(79)109-93/h1-46,71-72H,47-70H2. The smallest absolute Gasteiger partial charge is 0.119 e. The van der Waals surface area contributed by atoms with E-state index in [1.54, 1.807) is 0 Å². The largest absolute Gasteiger partial charge is 0.491 e. The molecule has 128 heavy (non-hydrogen) atoms. The van der Waals surface area contributed by atoms with Gasteiger partial charge >= 0.3 is 0 Å². The summed E-state index contributed by atoms with van der Waals surface area (Å²) in [6.45, 7) is 10.3. The Morgan fingerprint density at radius 2 is 0.320 bits per heavy atom. The maximum absolute atomic E-state index is 6.05. The fourth-order valence-corrected chi connectivity index (χ4v) is 15.9. The third-order valence-corrected chi connectivity index (χ3v) is 22.8. The highest BCUT2D eigenvalue weighted by Gasteiger charge is 2.18. The highest BCUT2D eigenvalue weighted by atomic mass is 16.6. The van der Waals surface area contributed by atoms with Crippen molar-refractivity contribution in [3.05, 3.63) is 302 Å². The number of pyridine rings is 8. The molecule has 640 valence electrons. The number of rotatable bonds is 0. The van der Waals surface area contributed by atoms with Crippen LogP contribution in [0.5, 0.6) is 11.5 Å². The number of hydrogen-bond acceptors (Lipinski definition) is 20. The van der Waals surface area contributed by atoms with Crippen LogP contribution in [0.3, 0.4) is 0 Å². The van der Waals surface area contributed by atoms with Gasteiger partial charge in [-0.05, 0) is 133 Å². The molecule has 0 saturated heterocycles. The fourth-order valence-electron chi connectivity index (χ4n) is 15.9. The van der Waals surface area contributed by atoms with Crippen LogP contribution in [0.2, 0.25) is 0 Å². The zero-order chi connectivity index (χ0) is 85.8. The van der Waals surface area contributed by atoms with E-state index in [0.29, 0.717) is 145 Å². The predicted molar refractivity (Wildman–Crippen MR) is 505 cm³/mol. The first-order chi connectivity index (χ1) is 63.4. The molecule has 7 aliphatic heterocycles. The van der Waals surface area contributed by atoms with E-state index < -0.39 is 0 Å². The molecule has 0 amide bonds. The van der Waals surface area contributed by atoms with Crippen molar-refractivity contribution in [2.45, 2.75) is 12.8 Å². The highest BCUT2D eigenvalue weighted by molar-refractivity contribution is 6.08. The normalized spacial score (nSPS) is 15.2. The maximum atomic E-state index is 6.05. The summed E-state index contributed by atoms with van der Waals surface area (Å²) in [4.78, 5) is 42.2. The second-order valence-corrected chi connectivity index (χ2v) is 31.3. The SMILES string of the molecule is c1cc2cc(c1)-c1ccc3ccc4ccc(nc4c3n1)-c1ccc(cc1)CCOCCOCCOCCOCCOCCOc1ccc(cc1)-c1ccc3ccc4ccc(nc4c3n1)-c1cccc(c1)-c1ccc3ccc4ccc(nc4c3n1)-c1ccc(cc1)OCCOCCOCCOCCOCCOCCc1ccc(cc1)-c1ccc3ccc4ccc-2nc4c3n1. The first-order valence-electron chi connectivity index (χ1n) is 43.9. The van der Waals surface area contributed by atoms with Gasteiger partial charge in [0.25, 0.3) is 0 Å². The van der Waals surface area contributed by atoms with Gasteiger partial charge < -0.3 is 56.8 Å². The Morgan fingerprint density at radius 3 is 0.531 bits per heavy atom. The average Bonchev–Trinajstić information content (AvgIpc) is 0.779. The lowest BCUT2D eigenvalue weighted by atomic mass is 10.0. The topological polar surface area (TPSA) is 214 Å². The van der Waals surface area contributed by atoms with Crippen LogP contribution in [0.15, 0.2) is 291 Å². The molecular weight excluding hydrogens is 1600 g/mol. The first kappa shape index (κ1) is 84.2. The van der Waals surface area contributed by atoms with Crippen LogP contribution in [0.4, 0.5) is 0 Å². The van der Waals surface area contributed by atoms with E-state index in [0.717, 1.165) is 202 Å². The Kier molecular flexibility index (Phi) is 27.2. The molecule has 0 N–H and O–H groups in total. The van der Waals surface area contributed by atoms with Crippen LogP contribution in [0.1, 0.15) is 11.1 Å². The monoisotopic (exact) mass is 1700 g/mol. The van der Waals surface area contributed by atoms with Gasteiger partial charge in [-0.1, -0.05) is 182 Å². The molecule has 0 saturated carbocycles. The highest BCUT2D eigenvalue weighted by Crippen LogP contribution is 2.37. The van der Waals surface area contributed by atoms with Crippen LogP contribution in [0.25, 0.3) is 177 Å². The summed E-state index contributed by atoms with van der Waals surface area (Å²) in [5.74, 6) is 1.49. The Balaban J connectivity index is 0.464. The van der Waals surface area contributed by atoms with Gasteiger partial charge in [0, 0.05) is 87.6 Å². The zero-order valence-corrected chi connectivity index (χ0v) is 71.2. The molecule has 25 rings (SSSR count). The number of nitrogens with zero attached hydrogens (tertiary/aromatic N) is 8. The molecule has 0 spiro atoms. The van der Waals surface area contributed by atoms with Crippen LogP contribution < -0.4 is 9.47 Å². The lowest BCUT2D eigenvalue weighted by Crippen LogP contribution is -2.14. The van der Waals surface area contributed by atoms with Crippen molar-refractivity contribution in [3.8, 4) is 102 Å². The van der Waals surface area contributed by atoms with Crippen molar-refractivity contribution >= 4 is 87.2 Å². The molecule has 7 aliphatic rings. The molecule has 20 nitrogen and oxygen atoms in total. The van der Waals surface area contributed by atoms with E-state index in [2.05, 4.69) is 243 Å². The van der Waals surface area contributed by atoms with Gasteiger partial charge in [0.05, 0.1) is 222 Å². The van der Waals surface area contributed by atoms with E-state index in [1.165, 1.54) is 11.1 Å². The molecule has 8 aromatic heterocycles. The molecule has 20 heteroatoms. The van der Waals surface area contributed by atoms with Crippen molar-refractivity contribution < 1.29 is 56.8 Å². The Hall–Kier alpha value is -13.3. The van der Waals surface area contributed by atoms with Gasteiger partial charge in [-0.15, -0.1) is 0 Å². The second-order valence-electron chi connectivity index (χ2n) is 31.3. The Morgan fingerprint density at radius 1 is 0.148 bits per heavy atom. The molecular formula is C108H96N8O12. The van der Waals surface area contributed by atoms with Gasteiger partial charge in [0.2, 0.25) is 0 Å². The van der Waals surface area contributed by atoms with Gasteiger partial charge in [-0.25, -0.2) is 39.9 Å². The third kappa shape index (κ3) is 20.7. The number of ether oxygens (including phenoxy) is 12. The van der Waals surface area contributed by atoms with E-state index in [1.807, 2.05) is 48.5 Å². The van der Waals surface area contributed by atoms with Crippen molar-refractivity contribution in [2.24, 2.45) is 0 Å². The lowest BCUT2D eigenvalue weighted by Gasteiger charge is -2.11. The maximum Gasteiger partial charge on any atom is 0.119 e. The summed E-state index contributed by atoms with van der Waals surface area (Å²) in [6, 6.07) is 100. The summed E-state index contributed by atoms with van der Waals surface area (Å²) >= 11 is 0. The van der Waals surface area contributed by atoms with E-state index in [4.69, 9.17) is 96.7 Å². The van der Waals surface area contributed by atoms with Crippen molar-refractivity contribution in [1.82, 2.24) is 39.9 Å². The predicted octanol–water partition coefficient (Wildman–Crippen LogP) is 21.1. The zero-order valence-electron chi connectivity index (χ0n) is 71.2. The van der Waals surface area contributed by atoms with Gasteiger partial charge in [0.1, 0.15) is 24.7 Å². The Bertz CT molecular complexity index is 6070. The molecule has 15 heterocycles. The molecule has 0 fully saturated rings. The van der Waals surface area contributed by atoms with Crippen LogP contribution in [-0.2, 0) is 60.2 Å². The Labute approximate surface area is 741 Å². The summed E-state index contributed by atoms with van der Waals surface area (Å²) in [7, 11) is 0. The molecule has 18 aromatic rings. The van der Waals surface area contributed by atoms with Gasteiger partial charge in [-0.3, -0.25) is 0 Å². The summed E-state index contributed by atoms with van der Waals surface area (Å²) in [5, 5.41) is 8.10. The molecule has 28 bridgehead atoms. The van der Waals surface area contributed by atoms with E-state index >= 15 is 0 Å². The van der Waals surface area contributed by atoms with Gasteiger partial charge in [-0.2, -0.15) is 0 Å². The molecule has 0 radical (unpaired) electrons. The summed E-state index contributed by atoms with van der Waals surface area (Å²) in [5.41, 5.74) is 23.8. The average molecular weight is 1700 g/mol. The quantitative estimate of drug-likeness (QED) is 0.129. The van der Waals surface area contributed by atoms with Crippen LogP contribution in [-0.4, -0.2) is 185 Å². The van der Waals surface area contributed by atoms with E-state index in [9.17, 15) is 0 Å². The summed E-state index contributed by atoms with van der Waals surface area (Å²) < 4.78 is 70.2. The molecule has 0 unspecified atom stereocenters. The van der Waals surface area contributed by atoms with Crippen LogP contribution in [0, 0.1) is 0 Å². The lowest BCUT2D eigenvalue weighted by molar-refractivity contribution is -0.0125. The molecule has 0 aliphatic carbocycles. The number of aromatic nitrogens is 8. The second kappa shape index (κ2) is 41.4. The number of benzene rings is 10. The minimum Gasteiger partial charge on any atom is -0.491 e. The fraction of sp³-hybridized carbons (Fsp3) is 0.222. The van der Waals surface area contributed by atoms with Crippen molar-refractivity contribution in [1.29, 1.82) is 0 Å². The minimum absolute atomic E-state index is 0.400. The van der Waals surface area contributed by atoms with Crippen LogP contribution >= 0.6 is 0 Å². The number of hydrogen-bond donors (Lipinski definition) is 0. The van der Waals surface area contributed by atoms with Gasteiger partial charge in [0.15, 0.2) is 0 Å².